The molecule has 94 valence electrons. The zero-order valence-electron chi connectivity index (χ0n) is 11.0. The van der Waals surface area contributed by atoms with Gasteiger partial charge in [-0.3, -0.25) is 14.5 Å². The van der Waals surface area contributed by atoms with Crippen molar-refractivity contribution in [2.24, 2.45) is 11.8 Å². The van der Waals surface area contributed by atoms with E-state index in [1.165, 1.54) is 4.90 Å². The van der Waals surface area contributed by atoms with Crippen molar-refractivity contribution in [3.63, 3.8) is 0 Å². The molecule has 0 aromatic carbocycles. The Morgan fingerprint density at radius 1 is 1.12 bits per heavy atom. The summed E-state index contributed by atoms with van der Waals surface area (Å²) < 4.78 is 0. The molecule has 1 fully saturated rings. The van der Waals surface area contributed by atoms with Crippen molar-refractivity contribution in [3.8, 4) is 0 Å². The number of nitrogens with zero attached hydrogens (tertiary/aromatic N) is 1. The van der Waals surface area contributed by atoms with Gasteiger partial charge in [-0.15, -0.1) is 0 Å². The monoisotopic (exact) mass is 235 g/mol. The van der Waals surface area contributed by atoms with Crippen LogP contribution in [0.5, 0.6) is 0 Å². The molecule has 0 aromatic rings. The molecular weight excluding hydrogens is 214 g/mol. The van der Waals surface area contributed by atoms with Crippen molar-refractivity contribution < 1.29 is 9.59 Å². The number of imide groups is 1. The molecule has 2 atom stereocenters. The Morgan fingerprint density at radius 3 is 1.82 bits per heavy atom. The van der Waals surface area contributed by atoms with Gasteiger partial charge in [0.05, 0.1) is 11.8 Å². The number of amides is 2. The second kappa shape index (κ2) is 5.30. The highest BCUT2D eigenvalue weighted by atomic mass is 16.2. The number of unbranched alkanes of at least 4 members (excludes halogenated alkanes) is 1. The highest BCUT2D eigenvalue weighted by molar-refractivity contribution is 6.07. The van der Waals surface area contributed by atoms with Crippen LogP contribution in [0.15, 0.2) is 24.3 Å². The predicted molar refractivity (Wildman–Crippen MR) is 68.2 cm³/mol. The fraction of sp³-hybridized carbons (Fsp3) is 0.571. The van der Waals surface area contributed by atoms with Gasteiger partial charge >= 0.3 is 0 Å². The first kappa shape index (κ1) is 13.7. The van der Waals surface area contributed by atoms with Gasteiger partial charge in [-0.2, -0.15) is 0 Å². The highest BCUT2D eigenvalue weighted by Gasteiger charge is 2.47. The van der Waals surface area contributed by atoms with Crippen LogP contribution in [0.25, 0.3) is 0 Å². The summed E-state index contributed by atoms with van der Waals surface area (Å²) >= 11 is 0. The van der Waals surface area contributed by atoms with E-state index in [1.54, 1.807) is 13.8 Å². The minimum absolute atomic E-state index is 0.107. The molecule has 3 heteroatoms. The zero-order chi connectivity index (χ0) is 13.2. The lowest BCUT2D eigenvalue weighted by Gasteiger charge is -2.14. The van der Waals surface area contributed by atoms with Crippen LogP contribution in [0.1, 0.15) is 33.6 Å². The van der Waals surface area contributed by atoms with Crippen molar-refractivity contribution in [1.29, 1.82) is 0 Å². The number of rotatable bonds is 5. The van der Waals surface area contributed by atoms with Gasteiger partial charge in [0, 0.05) is 6.54 Å². The lowest BCUT2D eigenvalue weighted by atomic mass is 9.85. The van der Waals surface area contributed by atoms with Crippen LogP contribution in [-0.4, -0.2) is 23.3 Å². The second-order valence-electron chi connectivity index (χ2n) is 4.83. The summed E-state index contributed by atoms with van der Waals surface area (Å²) in [6.07, 6.45) is 1.82. The number of hydrogen-bond acceptors (Lipinski definition) is 2. The molecular formula is C14H21NO2. The Morgan fingerprint density at radius 2 is 1.53 bits per heavy atom. The standard InChI is InChI=1S/C14H21NO2/c1-6-7-8-15-13(16)11(9(2)3)12(10(4)5)14(15)17/h11-12H,2,4,6-8H2,1,3,5H3. The van der Waals surface area contributed by atoms with Gasteiger partial charge in [0.15, 0.2) is 0 Å². The maximum Gasteiger partial charge on any atom is 0.237 e. The topological polar surface area (TPSA) is 37.4 Å². The SMILES string of the molecule is C=C(C)C1C(=O)N(CCCC)C(=O)C1C(=C)C. The third-order valence-corrected chi connectivity index (χ3v) is 3.19. The van der Waals surface area contributed by atoms with E-state index >= 15 is 0 Å². The van der Waals surface area contributed by atoms with Crippen molar-refractivity contribution in [3.05, 3.63) is 24.3 Å². The van der Waals surface area contributed by atoms with E-state index in [2.05, 4.69) is 13.2 Å². The van der Waals surface area contributed by atoms with E-state index in [1.807, 2.05) is 6.92 Å². The third kappa shape index (κ3) is 2.48. The molecule has 0 bridgehead atoms. The third-order valence-electron chi connectivity index (χ3n) is 3.19. The maximum absolute atomic E-state index is 12.2. The van der Waals surface area contributed by atoms with Gasteiger partial charge in [-0.05, 0) is 20.3 Å². The van der Waals surface area contributed by atoms with Crippen LogP contribution < -0.4 is 0 Å². The van der Waals surface area contributed by atoms with Gasteiger partial charge in [0.25, 0.3) is 0 Å². The minimum Gasteiger partial charge on any atom is -0.282 e. The smallest absolute Gasteiger partial charge is 0.237 e. The van der Waals surface area contributed by atoms with Crippen molar-refractivity contribution >= 4 is 11.8 Å². The average molecular weight is 235 g/mol. The summed E-state index contributed by atoms with van der Waals surface area (Å²) in [4.78, 5) is 25.7. The first-order valence-corrected chi connectivity index (χ1v) is 6.07. The molecule has 2 amide bonds. The number of hydrogen-bond donors (Lipinski definition) is 0. The second-order valence-corrected chi connectivity index (χ2v) is 4.83. The molecule has 0 aliphatic carbocycles. The number of carbonyl (C=O) groups excluding carboxylic acids is 2. The molecule has 3 nitrogen and oxygen atoms in total. The maximum atomic E-state index is 12.2. The quantitative estimate of drug-likeness (QED) is 0.542. The molecule has 1 heterocycles. The predicted octanol–water partition coefficient (Wildman–Crippen LogP) is 2.54. The van der Waals surface area contributed by atoms with Crippen LogP contribution in [0, 0.1) is 11.8 Å². The molecule has 0 radical (unpaired) electrons. The zero-order valence-corrected chi connectivity index (χ0v) is 11.0. The minimum atomic E-state index is -0.406. The molecule has 17 heavy (non-hydrogen) atoms. The molecule has 2 unspecified atom stereocenters. The van der Waals surface area contributed by atoms with E-state index in [0.717, 1.165) is 24.0 Å². The van der Waals surface area contributed by atoms with Crippen LogP contribution in [0.3, 0.4) is 0 Å². The van der Waals surface area contributed by atoms with Crippen molar-refractivity contribution in [1.82, 2.24) is 4.90 Å². The van der Waals surface area contributed by atoms with Crippen LogP contribution in [0.2, 0.25) is 0 Å². The Labute approximate surface area is 103 Å². The molecule has 0 saturated carbocycles. The number of likely N-dealkylation sites (tertiary alicyclic amines) is 1. The average Bonchev–Trinajstić information content (AvgIpc) is 2.48. The van der Waals surface area contributed by atoms with Gasteiger partial charge in [0.2, 0.25) is 11.8 Å². The normalized spacial score (nSPS) is 24.3. The van der Waals surface area contributed by atoms with E-state index in [9.17, 15) is 9.59 Å². The van der Waals surface area contributed by atoms with E-state index < -0.39 is 11.8 Å². The molecule has 1 saturated heterocycles. The fourth-order valence-corrected chi connectivity index (χ4v) is 2.26. The molecule has 0 N–H and O–H groups in total. The molecule has 1 rings (SSSR count). The Bertz CT molecular complexity index is 338. The lowest BCUT2D eigenvalue weighted by Crippen LogP contribution is -2.32. The highest BCUT2D eigenvalue weighted by Crippen LogP contribution is 2.35. The Balaban J connectivity index is 3.00. The van der Waals surface area contributed by atoms with Gasteiger partial charge < -0.3 is 0 Å². The molecule has 1 aliphatic heterocycles. The van der Waals surface area contributed by atoms with Crippen molar-refractivity contribution in [2.45, 2.75) is 33.6 Å². The summed E-state index contributed by atoms with van der Waals surface area (Å²) in [7, 11) is 0. The summed E-state index contributed by atoms with van der Waals surface area (Å²) in [6.45, 7) is 13.8. The summed E-state index contributed by atoms with van der Waals surface area (Å²) in [6, 6.07) is 0. The van der Waals surface area contributed by atoms with Gasteiger partial charge in [-0.1, -0.05) is 37.6 Å². The van der Waals surface area contributed by atoms with Gasteiger partial charge in [-0.25, -0.2) is 0 Å². The Hall–Kier alpha value is -1.38. The van der Waals surface area contributed by atoms with Crippen LogP contribution in [0.4, 0.5) is 0 Å². The fourth-order valence-electron chi connectivity index (χ4n) is 2.26. The molecule has 0 aromatic heterocycles. The largest absolute Gasteiger partial charge is 0.282 e. The van der Waals surface area contributed by atoms with Crippen LogP contribution >= 0.6 is 0 Å². The summed E-state index contributed by atoms with van der Waals surface area (Å²) in [5.41, 5.74) is 1.49. The number of carbonyl (C=O) groups is 2. The first-order chi connectivity index (χ1) is 7.91. The summed E-state index contributed by atoms with van der Waals surface area (Å²) in [5.74, 6) is -1.03. The summed E-state index contributed by atoms with van der Waals surface area (Å²) in [5, 5.41) is 0. The molecule has 0 spiro atoms. The van der Waals surface area contributed by atoms with Gasteiger partial charge in [0.1, 0.15) is 0 Å². The van der Waals surface area contributed by atoms with E-state index in [4.69, 9.17) is 0 Å². The van der Waals surface area contributed by atoms with E-state index in [0.29, 0.717) is 6.54 Å². The van der Waals surface area contributed by atoms with Crippen LogP contribution in [-0.2, 0) is 9.59 Å². The van der Waals surface area contributed by atoms with E-state index in [-0.39, 0.29) is 11.8 Å². The lowest BCUT2D eigenvalue weighted by molar-refractivity contribution is -0.139. The van der Waals surface area contributed by atoms with Crippen molar-refractivity contribution in [2.75, 3.05) is 6.54 Å². The first-order valence-electron chi connectivity index (χ1n) is 6.07. The molecule has 1 aliphatic rings. The Kier molecular flexibility index (Phi) is 4.27.